The van der Waals surface area contributed by atoms with Gasteiger partial charge in [0.25, 0.3) is 0 Å². The number of pyridine rings is 1. The van der Waals surface area contributed by atoms with E-state index in [1.807, 2.05) is 48.7 Å². The summed E-state index contributed by atoms with van der Waals surface area (Å²) >= 11 is 3.39. The number of halogens is 1. The first kappa shape index (κ1) is 11.9. The third kappa shape index (κ3) is 3.43. The van der Waals surface area contributed by atoms with E-state index in [-0.39, 0.29) is 0 Å². The van der Waals surface area contributed by atoms with Crippen molar-refractivity contribution in [2.45, 2.75) is 0 Å². The molecule has 1 heterocycles. The quantitative estimate of drug-likeness (QED) is 0.851. The van der Waals surface area contributed by atoms with Crippen molar-refractivity contribution in [3.8, 4) is 5.75 Å². The van der Waals surface area contributed by atoms with Gasteiger partial charge in [-0.3, -0.25) is 4.98 Å². The summed E-state index contributed by atoms with van der Waals surface area (Å²) in [5, 5.41) is 0. The van der Waals surface area contributed by atoms with E-state index < -0.39 is 0 Å². The van der Waals surface area contributed by atoms with Crippen molar-refractivity contribution in [2.75, 3.05) is 7.11 Å². The van der Waals surface area contributed by atoms with E-state index in [0.29, 0.717) is 0 Å². The minimum atomic E-state index is 0.861. The lowest BCUT2D eigenvalue weighted by Gasteiger charge is -2.00. The number of ether oxygens (including phenoxy) is 1. The monoisotopic (exact) mass is 289 g/mol. The summed E-state index contributed by atoms with van der Waals surface area (Å²) in [6.07, 6.45) is 7.64. The minimum Gasteiger partial charge on any atom is -0.497 e. The van der Waals surface area contributed by atoms with Gasteiger partial charge in [0.15, 0.2) is 0 Å². The molecule has 0 spiro atoms. The Morgan fingerprint density at radius 1 is 1.12 bits per heavy atom. The maximum atomic E-state index is 5.17. The second-order valence-electron chi connectivity index (χ2n) is 3.55. The number of hydrogen-bond acceptors (Lipinski definition) is 2. The zero-order chi connectivity index (χ0) is 12.1. The minimum absolute atomic E-state index is 0.861. The van der Waals surface area contributed by atoms with Crippen LogP contribution >= 0.6 is 15.9 Å². The molecule has 0 saturated heterocycles. The maximum absolute atomic E-state index is 5.17. The molecule has 0 aliphatic rings. The van der Waals surface area contributed by atoms with E-state index in [9.17, 15) is 0 Å². The van der Waals surface area contributed by atoms with E-state index in [0.717, 1.165) is 21.3 Å². The Morgan fingerprint density at radius 3 is 2.71 bits per heavy atom. The van der Waals surface area contributed by atoms with Crippen molar-refractivity contribution >= 4 is 28.1 Å². The molecule has 0 amide bonds. The van der Waals surface area contributed by atoms with Gasteiger partial charge in [0.05, 0.1) is 7.11 Å². The molecule has 0 fully saturated rings. The van der Waals surface area contributed by atoms with Gasteiger partial charge < -0.3 is 4.74 Å². The van der Waals surface area contributed by atoms with Crippen LogP contribution in [0.2, 0.25) is 0 Å². The normalized spacial score (nSPS) is 10.7. The molecular weight excluding hydrogens is 278 g/mol. The molecule has 2 rings (SSSR count). The Kier molecular flexibility index (Phi) is 3.94. The third-order valence-electron chi connectivity index (χ3n) is 2.29. The zero-order valence-corrected chi connectivity index (χ0v) is 11.0. The lowest BCUT2D eigenvalue weighted by molar-refractivity contribution is 0.414. The van der Waals surface area contributed by atoms with Crippen LogP contribution in [0.1, 0.15) is 11.1 Å². The molecule has 1 aromatic carbocycles. The topological polar surface area (TPSA) is 22.1 Å². The van der Waals surface area contributed by atoms with Crippen molar-refractivity contribution < 1.29 is 4.74 Å². The van der Waals surface area contributed by atoms with Crippen molar-refractivity contribution in [3.63, 3.8) is 0 Å². The summed E-state index contributed by atoms with van der Waals surface area (Å²) in [7, 11) is 1.67. The molecule has 0 aliphatic carbocycles. The van der Waals surface area contributed by atoms with Crippen molar-refractivity contribution in [3.05, 3.63) is 58.3 Å². The van der Waals surface area contributed by atoms with E-state index in [1.165, 1.54) is 0 Å². The first-order valence-corrected chi connectivity index (χ1v) is 6.00. The SMILES string of the molecule is COc1cccc(C=Cc2cncc(Br)c2)c1. The van der Waals surface area contributed by atoms with Gasteiger partial charge in [0.2, 0.25) is 0 Å². The van der Waals surface area contributed by atoms with Gasteiger partial charge >= 0.3 is 0 Å². The van der Waals surface area contributed by atoms with Gasteiger partial charge in [-0.05, 0) is 45.3 Å². The second kappa shape index (κ2) is 5.64. The highest BCUT2D eigenvalue weighted by Gasteiger charge is 1.93. The standard InChI is InChI=1S/C14H12BrNO/c1-17-14-4-2-3-11(8-14)5-6-12-7-13(15)10-16-9-12/h2-10H,1H3. The Balaban J connectivity index is 2.19. The van der Waals surface area contributed by atoms with Crippen LogP contribution in [0.4, 0.5) is 0 Å². The summed E-state index contributed by atoms with van der Waals surface area (Å²) in [4.78, 5) is 4.11. The van der Waals surface area contributed by atoms with Gasteiger partial charge in [0.1, 0.15) is 5.75 Å². The van der Waals surface area contributed by atoms with Gasteiger partial charge in [0, 0.05) is 16.9 Å². The van der Waals surface area contributed by atoms with Crippen LogP contribution < -0.4 is 4.74 Å². The molecule has 2 nitrogen and oxygen atoms in total. The number of rotatable bonds is 3. The summed E-state index contributed by atoms with van der Waals surface area (Å²) in [5.41, 5.74) is 2.16. The molecule has 0 saturated carbocycles. The molecular formula is C14H12BrNO. The Hall–Kier alpha value is -1.61. The fourth-order valence-electron chi connectivity index (χ4n) is 1.46. The average Bonchev–Trinajstić information content (AvgIpc) is 2.37. The van der Waals surface area contributed by atoms with Crippen LogP contribution in [0.3, 0.4) is 0 Å². The van der Waals surface area contributed by atoms with Crippen LogP contribution in [-0.2, 0) is 0 Å². The molecule has 3 heteroatoms. The molecule has 0 aliphatic heterocycles. The summed E-state index contributed by atoms with van der Waals surface area (Å²) in [5.74, 6) is 0.861. The van der Waals surface area contributed by atoms with Gasteiger partial charge in [-0.25, -0.2) is 0 Å². The summed E-state index contributed by atoms with van der Waals surface area (Å²) in [6.45, 7) is 0. The van der Waals surface area contributed by atoms with Crippen LogP contribution in [0.5, 0.6) is 5.75 Å². The smallest absolute Gasteiger partial charge is 0.119 e. The molecule has 0 N–H and O–H groups in total. The van der Waals surface area contributed by atoms with Crippen molar-refractivity contribution in [1.82, 2.24) is 4.98 Å². The van der Waals surface area contributed by atoms with Crippen LogP contribution in [0.25, 0.3) is 12.2 Å². The van der Waals surface area contributed by atoms with E-state index >= 15 is 0 Å². The predicted octanol–water partition coefficient (Wildman–Crippen LogP) is 4.02. The molecule has 1 aromatic heterocycles. The molecule has 0 unspecified atom stereocenters. The third-order valence-corrected chi connectivity index (χ3v) is 2.72. The predicted molar refractivity (Wildman–Crippen MR) is 73.9 cm³/mol. The molecule has 0 bridgehead atoms. The van der Waals surface area contributed by atoms with Crippen LogP contribution in [-0.4, -0.2) is 12.1 Å². The first-order chi connectivity index (χ1) is 8.28. The van der Waals surface area contributed by atoms with E-state index in [4.69, 9.17) is 4.74 Å². The van der Waals surface area contributed by atoms with Crippen molar-refractivity contribution in [2.24, 2.45) is 0 Å². The van der Waals surface area contributed by atoms with Crippen LogP contribution in [0.15, 0.2) is 47.2 Å². The van der Waals surface area contributed by atoms with E-state index in [1.54, 1.807) is 13.3 Å². The molecule has 0 radical (unpaired) electrons. The highest BCUT2D eigenvalue weighted by atomic mass is 79.9. The van der Waals surface area contributed by atoms with Crippen molar-refractivity contribution in [1.29, 1.82) is 0 Å². The maximum Gasteiger partial charge on any atom is 0.119 e. The number of nitrogens with zero attached hydrogens (tertiary/aromatic N) is 1. The van der Waals surface area contributed by atoms with Gasteiger partial charge in [-0.2, -0.15) is 0 Å². The number of methoxy groups -OCH3 is 1. The van der Waals surface area contributed by atoms with Crippen LogP contribution in [0, 0.1) is 0 Å². The number of benzene rings is 1. The fourth-order valence-corrected chi connectivity index (χ4v) is 1.84. The highest BCUT2D eigenvalue weighted by Crippen LogP contribution is 2.16. The number of aromatic nitrogens is 1. The van der Waals surface area contributed by atoms with E-state index in [2.05, 4.69) is 20.9 Å². The Morgan fingerprint density at radius 2 is 1.94 bits per heavy atom. The second-order valence-corrected chi connectivity index (χ2v) is 4.46. The molecule has 86 valence electrons. The Bertz CT molecular complexity index is 537. The summed E-state index contributed by atoms with van der Waals surface area (Å²) < 4.78 is 6.15. The fraction of sp³-hybridized carbons (Fsp3) is 0.0714. The molecule has 2 aromatic rings. The Labute approximate surface area is 109 Å². The highest BCUT2D eigenvalue weighted by molar-refractivity contribution is 9.10. The van der Waals surface area contributed by atoms with Gasteiger partial charge in [-0.1, -0.05) is 24.3 Å². The number of hydrogen-bond donors (Lipinski definition) is 0. The lowest BCUT2D eigenvalue weighted by atomic mass is 10.1. The summed E-state index contributed by atoms with van der Waals surface area (Å²) in [6, 6.07) is 9.94. The molecule has 17 heavy (non-hydrogen) atoms. The van der Waals surface area contributed by atoms with Gasteiger partial charge in [-0.15, -0.1) is 0 Å². The lowest BCUT2D eigenvalue weighted by Crippen LogP contribution is -1.82. The average molecular weight is 290 g/mol. The zero-order valence-electron chi connectivity index (χ0n) is 9.43. The first-order valence-electron chi connectivity index (χ1n) is 5.20. The largest absolute Gasteiger partial charge is 0.497 e. The molecule has 0 atom stereocenters.